The van der Waals surface area contributed by atoms with Crippen molar-refractivity contribution >= 4 is 21.4 Å². The number of sulfonamides is 1. The van der Waals surface area contributed by atoms with E-state index >= 15 is 0 Å². The molecule has 7 heteroatoms. The maximum absolute atomic E-state index is 12.1. The fourth-order valence-electron chi connectivity index (χ4n) is 1.56. The van der Waals surface area contributed by atoms with Crippen LogP contribution in [0.2, 0.25) is 0 Å². The van der Waals surface area contributed by atoms with Crippen LogP contribution in [-0.4, -0.2) is 18.5 Å². The molecule has 2 aromatic heterocycles. The van der Waals surface area contributed by atoms with Gasteiger partial charge in [0.1, 0.15) is 0 Å². The highest BCUT2D eigenvalue weighted by molar-refractivity contribution is 7.89. The fourth-order valence-corrected chi connectivity index (χ4v) is 3.56. The molecule has 0 radical (unpaired) electrons. The summed E-state index contributed by atoms with van der Waals surface area (Å²) in [5.74, 6) is 0. The van der Waals surface area contributed by atoms with Gasteiger partial charge in [0.2, 0.25) is 10.0 Å². The van der Waals surface area contributed by atoms with Crippen LogP contribution in [0.25, 0.3) is 0 Å². The molecule has 0 aliphatic heterocycles. The number of thiophene rings is 1. The van der Waals surface area contributed by atoms with Crippen LogP contribution in [0.4, 0.5) is 0 Å². The Morgan fingerprint density at radius 1 is 1.56 bits per heavy atom. The van der Waals surface area contributed by atoms with Crippen molar-refractivity contribution < 1.29 is 13.5 Å². The highest BCUT2D eigenvalue weighted by Crippen LogP contribution is 2.19. The van der Waals surface area contributed by atoms with E-state index in [-0.39, 0.29) is 17.5 Å². The third kappa shape index (κ3) is 2.81. The van der Waals surface area contributed by atoms with Gasteiger partial charge >= 0.3 is 0 Å². The van der Waals surface area contributed by atoms with Crippen molar-refractivity contribution in [3.05, 3.63) is 40.3 Å². The van der Waals surface area contributed by atoms with E-state index in [4.69, 9.17) is 5.11 Å². The minimum Gasteiger partial charge on any atom is -0.390 e. The van der Waals surface area contributed by atoms with Crippen molar-refractivity contribution in [2.45, 2.75) is 24.5 Å². The van der Waals surface area contributed by atoms with Gasteiger partial charge in [-0.15, -0.1) is 0 Å². The molecule has 0 amide bonds. The fraction of sp³-hybridized carbons (Fsp3) is 0.273. The van der Waals surface area contributed by atoms with Gasteiger partial charge < -0.3 is 10.1 Å². The number of nitrogens with one attached hydrogen (secondary N) is 2. The summed E-state index contributed by atoms with van der Waals surface area (Å²) in [5, 5.41) is 12.7. The molecule has 18 heavy (non-hydrogen) atoms. The Hall–Kier alpha value is -1.15. The van der Waals surface area contributed by atoms with Crippen LogP contribution >= 0.6 is 11.3 Å². The first-order valence-electron chi connectivity index (χ1n) is 5.35. The molecule has 1 atom stereocenters. The Morgan fingerprint density at radius 3 is 2.89 bits per heavy atom. The van der Waals surface area contributed by atoms with Gasteiger partial charge in [-0.05, 0) is 35.4 Å². The van der Waals surface area contributed by atoms with E-state index in [1.165, 1.54) is 23.6 Å². The van der Waals surface area contributed by atoms with Crippen molar-refractivity contribution in [3.63, 3.8) is 0 Å². The zero-order chi connectivity index (χ0) is 13.2. The maximum Gasteiger partial charge on any atom is 0.242 e. The van der Waals surface area contributed by atoms with Gasteiger partial charge in [-0.25, -0.2) is 13.1 Å². The second-order valence-corrected chi connectivity index (χ2v) is 6.41. The Morgan fingerprint density at radius 2 is 2.33 bits per heavy atom. The maximum atomic E-state index is 12.1. The molecule has 0 saturated carbocycles. The Balaban J connectivity index is 2.17. The monoisotopic (exact) mass is 286 g/mol. The second kappa shape index (κ2) is 5.23. The smallest absolute Gasteiger partial charge is 0.242 e. The standard InChI is InChI=1S/C11H14N2O3S2/c1-8(9-2-3-17-7-9)13-18(15,16)11-4-10(6-14)12-5-11/h2-5,7-8,12-14H,6H2,1H3. The molecule has 0 saturated heterocycles. The first kappa shape index (κ1) is 13.3. The molecule has 98 valence electrons. The number of aliphatic hydroxyl groups is 1. The van der Waals surface area contributed by atoms with Gasteiger partial charge in [0.05, 0.1) is 11.5 Å². The summed E-state index contributed by atoms with van der Waals surface area (Å²) in [4.78, 5) is 2.84. The number of hydrogen-bond donors (Lipinski definition) is 3. The van der Waals surface area contributed by atoms with Crippen LogP contribution in [0.1, 0.15) is 24.2 Å². The number of aromatic amines is 1. The van der Waals surface area contributed by atoms with Gasteiger partial charge in [0, 0.05) is 17.9 Å². The van der Waals surface area contributed by atoms with Crippen molar-refractivity contribution in [3.8, 4) is 0 Å². The third-order valence-electron chi connectivity index (χ3n) is 2.57. The van der Waals surface area contributed by atoms with Crippen LogP contribution in [0.15, 0.2) is 34.0 Å². The predicted octanol–water partition coefficient (Wildman–Crippen LogP) is 1.61. The van der Waals surface area contributed by atoms with Crippen molar-refractivity contribution in [1.82, 2.24) is 9.71 Å². The molecule has 0 spiro atoms. The molecule has 2 rings (SSSR count). The number of aliphatic hydroxyl groups excluding tert-OH is 1. The predicted molar refractivity (Wildman–Crippen MR) is 69.8 cm³/mol. The summed E-state index contributed by atoms with van der Waals surface area (Å²) in [5.41, 5.74) is 1.40. The lowest BCUT2D eigenvalue weighted by atomic mass is 10.2. The summed E-state index contributed by atoms with van der Waals surface area (Å²) in [6.45, 7) is 1.58. The minimum absolute atomic E-state index is 0.133. The second-order valence-electron chi connectivity index (χ2n) is 3.92. The molecule has 0 fully saturated rings. The molecule has 0 aliphatic rings. The molecule has 0 bridgehead atoms. The van der Waals surface area contributed by atoms with E-state index in [0.717, 1.165) is 5.56 Å². The minimum atomic E-state index is -3.56. The first-order chi connectivity index (χ1) is 8.53. The molecule has 1 unspecified atom stereocenters. The van der Waals surface area contributed by atoms with E-state index in [1.54, 1.807) is 6.92 Å². The van der Waals surface area contributed by atoms with Crippen molar-refractivity contribution in [1.29, 1.82) is 0 Å². The van der Waals surface area contributed by atoms with Gasteiger partial charge in [0.25, 0.3) is 0 Å². The van der Waals surface area contributed by atoms with E-state index in [0.29, 0.717) is 5.69 Å². The number of rotatable bonds is 5. The zero-order valence-corrected chi connectivity index (χ0v) is 11.4. The summed E-state index contributed by atoms with van der Waals surface area (Å²) in [6.07, 6.45) is 1.37. The molecule has 0 aromatic carbocycles. The highest BCUT2D eigenvalue weighted by atomic mass is 32.2. The topological polar surface area (TPSA) is 82.2 Å². The number of H-pyrrole nitrogens is 1. The Labute approximate surface area is 110 Å². The van der Waals surface area contributed by atoms with E-state index in [2.05, 4.69) is 9.71 Å². The van der Waals surface area contributed by atoms with Gasteiger partial charge in [-0.3, -0.25) is 0 Å². The molecule has 5 nitrogen and oxygen atoms in total. The van der Waals surface area contributed by atoms with Crippen LogP contribution < -0.4 is 4.72 Å². The summed E-state index contributed by atoms with van der Waals surface area (Å²) < 4.78 is 26.7. The van der Waals surface area contributed by atoms with E-state index in [9.17, 15) is 8.42 Å². The average Bonchev–Trinajstić information content (AvgIpc) is 3.00. The molecule has 3 N–H and O–H groups in total. The quantitative estimate of drug-likeness (QED) is 0.781. The number of hydrogen-bond acceptors (Lipinski definition) is 4. The van der Waals surface area contributed by atoms with Crippen molar-refractivity contribution in [2.24, 2.45) is 0 Å². The normalized spacial score (nSPS) is 13.7. The van der Waals surface area contributed by atoms with Crippen LogP contribution in [-0.2, 0) is 16.6 Å². The van der Waals surface area contributed by atoms with Crippen molar-refractivity contribution in [2.75, 3.05) is 0 Å². The molecule has 2 heterocycles. The zero-order valence-electron chi connectivity index (χ0n) is 9.75. The summed E-state index contributed by atoms with van der Waals surface area (Å²) in [6, 6.07) is 3.02. The summed E-state index contributed by atoms with van der Waals surface area (Å²) >= 11 is 1.52. The van der Waals surface area contributed by atoms with Gasteiger partial charge in [-0.1, -0.05) is 0 Å². The Kier molecular flexibility index (Phi) is 3.86. The van der Waals surface area contributed by atoms with Gasteiger partial charge in [0.15, 0.2) is 0 Å². The molecule has 0 aliphatic carbocycles. The summed E-state index contributed by atoms with van der Waals surface area (Å²) in [7, 11) is -3.56. The SMILES string of the molecule is CC(NS(=O)(=O)c1c[nH]c(CO)c1)c1ccsc1. The number of aromatic nitrogens is 1. The van der Waals surface area contributed by atoms with E-state index in [1.807, 2.05) is 16.8 Å². The first-order valence-corrected chi connectivity index (χ1v) is 7.78. The molecule has 2 aromatic rings. The highest BCUT2D eigenvalue weighted by Gasteiger charge is 2.19. The van der Waals surface area contributed by atoms with Crippen LogP contribution in [0.3, 0.4) is 0 Å². The third-order valence-corrected chi connectivity index (χ3v) is 4.79. The van der Waals surface area contributed by atoms with Crippen LogP contribution in [0.5, 0.6) is 0 Å². The lowest BCUT2D eigenvalue weighted by Gasteiger charge is -2.11. The average molecular weight is 286 g/mol. The molecular formula is C11H14N2O3S2. The largest absolute Gasteiger partial charge is 0.390 e. The molecular weight excluding hydrogens is 272 g/mol. The van der Waals surface area contributed by atoms with Gasteiger partial charge in [-0.2, -0.15) is 11.3 Å². The lowest BCUT2D eigenvalue weighted by molar-refractivity contribution is 0.277. The van der Waals surface area contributed by atoms with E-state index < -0.39 is 10.0 Å². The Bertz CT molecular complexity index is 602. The lowest BCUT2D eigenvalue weighted by Crippen LogP contribution is -2.26. The van der Waals surface area contributed by atoms with Crippen LogP contribution in [0, 0.1) is 0 Å².